The fourth-order valence-corrected chi connectivity index (χ4v) is 2.68. The normalized spacial score (nSPS) is 10.4. The Kier molecular flexibility index (Phi) is 4.56. The summed E-state index contributed by atoms with van der Waals surface area (Å²) in [5.74, 6) is -0.00633. The first-order valence-electron chi connectivity index (χ1n) is 7.00. The molecule has 0 bridgehead atoms. The molecule has 0 aliphatic heterocycles. The lowest BCUT2D eigenvalue weighted by molar-refractivity contribution is -0.116. The van der Waals surface area contributed by atoms with Gasteiger partial charge < -0.3 is 5.32 Å². The lowest BCUT2D eigenvalue weighted by atomic mass is 10.0. The van der Waals surface area contributed by atoms with Gasteiger partial charge in [-0.15, -0.1) is 11.3 Å². The zero-order chi connectivity index (χ0) is 15.2. The predicted octanol–water partition coefficient (Wildman–Crippen LogP) is 3.78. The molecule has 1 N–H and O–H groups in total. The van der Waals surface area contributed by atoms with Crippen molar-refractivity contribution in [1.29, 1.82) is 0 Å². The molecule has 5 heteroatoms. The highest BCUT2D eigenvalue weighted by atomic mass is 32.1. The average molecular weight is 309 g/mol. The topological polar surface area (TPSA) is 54.9 Å². The van der Waals surface area contributed by atoms with E-state index in [2.05, 4.69) is 39.6 Å². The van der Waals surface area contributed by atoms with Crippen molar-refractivity contribution in [1.82, 2.24) is 9.97 Å². The molecule has 0 spiro atoms. The standard InChI is InChI=1S/C17H15N3OS/c21-16(20-17-19-11-12-22-17)6-3-13-1-4-14(5-2-13)15-7-9-18-10-8-15/h1-2,4-5,7-12H,3,6H2,(H,19,20,21). The van der Waals surface area contributed by atoms with Crippen molar-refractivity contribution in [3.05, 3.63) is 65.9 Å². The largest absolute Gasteiger partial charge is 0.302 e. The van der Waals surface area contributed by atoms with Gasteiger partial charge in [0.2, 0.25) is 5.91 Å². The Balaban J connectivity index is 1.56. The summed E-state index contributed by atoms with van der Waals surface area (Å²) in [5.41, 5.74) is 3.44. The second-order valence-corrected chi connectivity index (χ2v) is 5.71. The third kappa shape index (κ3) is 3.77. The predicted molar refractivity (Wildman–Crippen MR) is 88.7 cm³/mol. The van der Waals surface area contributed by atoms with Gasteiger partial charge in [0.1, 0.15) is 0 Å². The first kappa shape index (κ1) is 14.4. The zero-order valence-corrected chi connectivity index (χ0v) is 12.7. The molecule has 4 nitrogen and oxygen atoms in total. The van der Waals surface area contributed by atoms with Crippen LogP contribution in [0.3, 0.4) is 0 Å². The SMILES string of the molecule is O=C(CCc1ccc(-c2ccncc2)cc1)Nc1nccs1. The molecule has 0 saturated heterocycles. The number of rotatable bonds is 5. The number of carbonyl (C=O) groups is 1. The van der Waals surface area contributed by atoms with Crippen LogP contribution in [-0.2, 0) is 11.2 Å². The Labute approximate surface area is 132 Å². The summed E-state index contributed by atoms with van der Waals surface area (Å²) in [7, 11) is 0. The van der Waals surface area contributed by atoms with Crippen LogP contribution in [0.5, 0.6) is 0 Å². The third-order valence-corrected chi connectivity index (χ3v) is 3.98. The zero-order valence-electron chi connectivity index (χ0n) is 11.9. The van der Waals surface area contributed by atoms with Crippen LogP contribution in [0.1, 0.15) is 12.0 Å². The first-order chi connectivity index (χ1) is 10.8. The number of hydrogen-bond acceptors (Lipinski definition) is 4. The average Bonchev–Trinajstić information content (AvgIpc) is 3.07. The Bertz CT molecular complexity index is 724. The second kappa shape index (κ2) is 6.95. The maximum atomic E-state index is 11.8. The Morgan fingerprint density at radius 1 is 1.00 bits per heavy atom. The van der Waals surface area contributed by atoms with E-state index in [1.54, 1.807) is 18.6 Å². The van der Waals surface area contributed by atoms with Crippen molar-refractivity contribution < 1.29 is 4.79 Å². The number of nitrogens with zero attached hydrogens (tertiary/aromatic N) is 2. The van der Waals surface area contributed by atoms with Crippen molar-refractivity contribution in [2.45, 2.75) is 12.8 Å². The molecule has 1 amide bonds. The monoisotopic (exact) mass is 309 g/mol. The summed E-state index contributed by atoms with van der Waals surface area (Å²) in [4.78, 5) is 19.9. The van der Waals surface area contributed by atoms with Crippen LogP contribution in [0.2, 0.25) is 0 Å². The number of amides is 1. The molecule has 3 rings (SSSR count). The van der Waals surface area contributed by atoms with Gasteiger partial charge in [-0.3, -0.25) is 9.78 Å². The quantitative estimate of drug-likeness (QED) is 0.780. The Hall–Kier alpha value is -2.53. The number of aromatic nitrogens is 2. The van der Waals surface area contributed by atoms with E-state index in [1.165, 1.54) is 11.3 Å². The van der Waals surface area contributed by atoms with Gasteiger partial charge in [0.05, 0.1) is 0 Å². The van der Waals surface area contributed by atoms with E-state index >= 15 is 0 Å². The van der Waals surface area contributed by atoms with Crippen molar-refractivity contribution in [2.75, 3.05) is 5.32 Å². The molecule has 0 fully saturated rings. The van der Waals surface area contributed by atoms with Crippen LogP contribution in [0.15, 0.2) is 60.4 Å². The Morgan fingerprint density at radius 3 is 2.41 bits per heavy atom. The van der Waals surface area contributed by atoms with Gasteiger partial charge in [-0.1, -0.05) is 24.3 Å². The molecule has 110 valence electrons. The highest BCUT2D eigenvalue weighted by Crippen LogP contribution is 2.19. The number of benzene rings is 1. The van der Waals surface area contributed by atoms with E-state index < -0.39 is 0 Å². The number of nitrogens with one attached hydrogen (secondary N) is 1. The van der Waals surface area contributed by atoms with Crippen LogP contribution in [0.25, 0.3) is 11.1 Å². The smallest absolute Gasteiger partial charge is 0.226 e. The van der Waals surface area contributed by atoms with E-state index in [9.17, 15) is 4.79 Å². The van der Waals surface area contributed by atoms with Gasteiger partial charge in [0.15, 0.2) is 5.13 Å². The minimum atomic E-state index is -0.00633. The maximum absolute atomic E-state index is 11.8. The summed E-state index contributed by atoms with van der Waals surface area (Å²) in [5, 5.41) is 5.28. The van der Waals surface area contributed by atoms with Crippen LogP contribution in [0.4, 0.5) is 5.13 Å². The van der Waals surface area contributed by atoms with Crippen LogP contribution < -0.4 is 5.32 Å². The van der Waals surface area contributed by atoms with Crippen LogP contribution in [0, 0.1) is 0 Å². The van der Waals surface area contributed by atoms with Gasteiger partial charge in [-0.05, 0) is 35.2 Å². The molecule has 0 aliphatic carbocycles. The molecular formula is C17H15N3OS. The molecule has 0 unspecified atom stereocenters. The van der Waals surface area contributed by atoms with Crippen LogP contribution in [-0.4, -0.2) is 15.9 Å². The van der Waals surface area contributed by atoms with E-state index in [0.717, 1.165) is 16.7 Å². The Morgan fingerprint density at radius 2 is 1.73 bits per heavy atom. The van der Waals surface area contributed by atoms with Gasteiger partial charge in [0.25, 0.3) is 0 Å². The fourth-order valence-electron chi connectivity index (χ4n) is 2.13. The van der Waals surface area contributed by atoms with Gasteiger partial charge in [-0.2, -0.15) is 0 Å². The van der Waals surface area contributed by atoms with Crippen LogP contribution >= 0.6 is 11.3 Å². The number of aryl methyl sites for hydroxylation is 1. The first-order valence-corrected chi connectivity index (χ1v) is 7.88. The number of anilines is 1. The summed E-state index contributed by atoms with van der Waals surface area (Å²) >= 11 is 1.42. The molecule has 0 atom stereocenters. The van der Waals surface area contributed by atoms with Gasteiger partial charge in [0, 0.05) is 30.4 Å². The molecular weight excluding hydrogens is 294 g/mol. The number of hydrogen-bond donors (Lipinski definition) is 1. The fraction of sp³-hybridized carbons (Fsp3) is 0.118. The lowest BCUT2D eigenvalue weighted by Gasteiger charge is -2.05. The van der Waals surface area contributed by atoms with Gasteiger partial charge >= 0.3 is 0 Å². The van der Waals surface area contributed by atoms with E-state index in [-0.39, 0.29) is 5.91 Å². The molecule has 22 heavy (non-hydrogen) atoms. The van der Waals surface area contributed by atoms with Crippen molar-refractivity contribution in [2.24, 2.45) is 0 Å². The minimum Gasteiger partial charge on any atom is -0.302 e. The molecule has 0 aliphatic rings. The maximum Gasteiger partial charge on any atom is 0.226 e. The highest BCUT2D eigenvalue weighted by Gasteiger charge is 2.05. The van der Waals surface area contributed by atoms with Crippen molar-refractivity contribution in [3.63, 3.8) is 0 Å². The van der Waals surface area contributed by atoms with Crippen molar-refractivity contribution >= 4 is 22.4 Å². The molecule has 0 radical (unpaired) electrons. The second-order valence-electron chi connectivity index (χ2n) is 4.82. The summed E-state index contributed by atoms with van der Waals surface area (Å²) in [6, 6.07) is 12.2. The number of carbonyl (C=O) groups excluding carboxylic acids is 1. The molecule has 0 saturated carbocycles. The molecule has 2 heterocycles. The van der Waals surface area contributed by atoms with E-state index in [1.807, 2.05) is 17.5 Å². The number of thiazole rings is 1. The van der Waals surface area contributed by atoms with E-state index in [0.29, 0.717) is 18.0 Å². The molecule has 1 aromatic carbocycles. The lowest BCUT2D eigenvalue weighted by Crippen LogP contribution is -2.11. The van der Waals surface area contributed by atoms with E-state index in [4.69, 9.17) is 0 Å². The molecule has 2 aromatic heterocycles. The summed E-state index contributed by atoms with van der Waals surface area (Å²) in [6.07, 6.45) is 6.42. The van der Waals surface area contributed by atoms with Gasteiger partial charge in [-0.25, -0.2) is 4.98 Å². The number of pyridine rings is 1. The third-order valence-electron chi connectivity index (χ3n) is 3.29. The summed E-state index contributed by atoms with van der Waals surface area (Å²) < 4.78 is 0. The van der Waals surface area contributed by atoms with Crippen molar-refractivity contribution in [3.8, 4) is 11.1 Å². The minimum absolute atomic E-state index is 0.00633. The molecule has 3 aromatic rings. The highest BCUT2D eigenvalue weighted by molar-refractivity contribution is 7.13. The summed E-state index contributed by atoms with van der Waals surface area (Å²) in [6.45, 7) is 0.